The second kappa shape index (κ2) is 10.6. The van der Waals surface area contributed by atoms with E-state index < -0.39 is 0 Å². The molecular formula is C22H34FN5O2. The number of carbonyl (C=O) groups excluding carboxylic acids is 1. The average Bonchev–Trinajstić information content (AvgIpc) is 3.23. The summed E-state index contributed by atoms with van der Waals surface area (Å²) >= 11 is 0. The highest BCUT2D eigenvalue weighted by molar-refractivity contribution is 5.85. The smallest absolute Gasteiger partial charge is 0.243 e. The molecule has 2 fully saturated rings. The number of amides is 1. The number of hydrogen-bond acceptors (Lipinski definition) is 4. The van der Waals surface area contributed by atoms with Gasteiger partial charge in [0.05, 0.1) is 6.61 Å². The number of halogens is 1. The van der Waals surface area contributed by atoms with Crippen molar-refractivity contribution in [1.29, 1.82) is 0 Å². The molecule has 1 amide bonds. The number of hydrogen-bond donors (Lipinski definition) is 2. The summed E-state index contributed by atoms with van der Waals surface area (Å²) in [5.41, 5.74) is 2.01. The van der Waals surface area contributed by atoms with Crippen LogP contribution >= 0.6 is 0 Å². The fraction of sp³-hybridized carbons (Fsp3) is 0.636. The highest BCUT2D eigenvalue weighted by Crippen LogP contribution is 2.24. The molecule has 0 aromatic heterocycles. The number of benzene rings is 1. The fourth-order valence-electron chi connectivity index (χ4n) is 3.91. The van der Waals surface area contributed by atoms with E-state index in [2.05, 4.69) is 20.5 Å². The molecule has 0 saturated carbocycles. The lowest BCUT2D eigenvalue weighted by molar-refractivity contribution is -0.127. The molecule has 0 spiro atoms. The molecule has 1 aromatic rings. The third-order valence-corrected chi connectivity index (χ3v) is 5.72. The molecule has 0 aliphatic carbocycles. The number of nitrogens with one attached hydrogen (secondary N) is 2. The maximum absolute atomic E-state index is 13.5. The number of carbonyl (C=O) groups is 1. The Balaban J connectivity index is 1.63. The molecule has 2 aliphatic rings. The predicted octanol–water partition coefficient (Wildman–Crippen LogP) is 1.76. The quantitative estimate of drug-likeness (QED) is 0.543. The van der Waals surface area contributed by atoms with Crippen LogP contribution in [0.25, 0.3) is 0 Å². The third kappa shape index (κ3) is 6.32. The lowest BCUT2D eigenvalue weighted by Crippen LogP contribution is -2.52. The Morgan fingerprint density at radius 2 is 2.20 bits per heavy atom. The molecule has 7 nitrogen and oxygen atoms in total. The van der Waals surface area contributed by atoms with Crippen LogP contribution in [0.15, 0.2) is 23.2 Å². The van der Waals surface area contributed by atoms with Gasteiger partial charge in [-0.15, -0.1) is 0 Å². The van der Waals surface area contributed by atoms with Gasteiger partial charge in [0.2, 0.25) is 5.91 Å². The lowest BCUT2D eigenvalue weighted by Gasteiger charge is -2.36. The maximum atomic E-state index is 13.5. The van der Waals surface area contributed by atoms with Crippen LogP contribution in [0.3, 0.4) is 0 Å². The molecule has 0 radical (unpaired) electrons. The topological polar surface area (TPSA) is 69.2 Å². The summed E-state index contributed by atoms with van der Waals surface area (Å²) in [7, 11) is 3.47. The molecule has 2 saturated heterocycles. The number of ether oxygens (including phenoxy) is 1. The Bertz CT molecular complexity index is 749. The SMILES string of the molecule is Cc1cc(F)ccc1N1CCCC(NC(=NCC(=O)N(C)C)NCC2CCOC2)C1. The minimum absolute atomic E-state index is 0.0347. The zero-order valence-electron chi connectivity index (χ0n) is 18.3. The monoisotopic (exact) mass is 419 g/mol. The molecule has 2 unspecified atom stereocenters. The summed E-state index contributed by atoms with van der Waals surface area (Å²) in [6.07, 6.45) is 3.10. The van der Waals surface area contributed by atoms with Crippen LogP contribution in [0.4, 0.5) is 10.1 Å². The molecule has 0 bridgehead atoms. The van der Waals surface area contributed by atoms with Crippen molar-refractivity contribution in [1.82, 2.24) is 15.5 Å². The Hall–Kier alpha value is -2.35. The van der Waals surface area contributed by atoms with Gasteiger partial charge in [0.25, 0.3) is 0 Å². The molecule has 30 heavy (non-hydrogen) atoms. The fourth-order valence-corrected chi connectivity index (χ4v) is 3.91. The normalized spacial score (nSPS) is 22.1. The molecule has 2 atom stereocenters. The van der Waals surface area contributed by atoms with Crippen molar-refractivity contribution in [3.8, 4) is 0 Å². The van der Waals surface area contributed by atoms with Crippen molar-refractivity contribution in [2.75, 3.05) is 58.4 Å². The first-order valence-electron chi connectivity index (χ1n) is 10.8. The van der Waals surface area contributed by atoms with Crippen molar-refractivity contribution >= 4 is 17.6 Å². The molecule has 2 heterocycles. The number of piperidine rings is 1. The van der Waals surface area contributed by atoms with Crippen molar-refractivity contribution in [3.05, 3.63) is 29.6 Å². The number of rotatable bonds is 6. The van der Waals surface area contributed by atoms with Crippen LogP contribution < -0.4 is 15.5 Å². The Morgan fingerprint density at radius 1 is 1.37 bits per heavy atom. The highest BCUT2D eigenvalue weighted by atomic mass is 19.1. The van der Waals surface area contributed by atoms with Gasteiger partial charge in [-0.2, -0.15) is 0 Å². The van der Waals surface area contributed by atoms with E-state index in [1.54, 1.807) is 25.1 Å². The number of nitrogens with zero attached hydrogens (tertiary/aromatic N) is 3. The predicted molar refractivity (Wildman–Crippen MR) is 117 cm³/mol. The van der Waals surface area contributed by atoms with Gasteiger partial charge < -0.3 is 25.2 Å². The van der Waals surface area contributed by atoms with Crippen molar-refractivity contribution in [3.63, 3.8) is 0 Å². The van der Waals surface area contributed by atoms with E-state index in [0.717, 1.165) is 63.4 Å². The first kappa shape index (κ1) is 22.3. The van der Waals surface area contributed by atoms with Gasteiger partial charge in [-0.1, -0.05) is 0 Å². The highest BCUT2D eigenvalue weighted by Gasteiger charge is 2.23. The van der Waals surface area contributed by atoms with Crippen LogP contribution in [-0.4, -0.2) is 76.3 Å². The van der Waals surface area contributed by atoms with Gasteiger partial charge in [0.1, 0.15) is 12.4 Å². The molecule has 8 heteroatoms. The van der Waals surface area contributed by atoms with Gasteiger partial charge >= 0.3 is 0 Å². The van der Waals surface area contributed by atoms with Crippen LogP contribution in [-0.2, 0) is 9.53 Å². The van der Waals surface area contributed by atoms with Gasteiger partial charge in [0.15, 0.2) is 5.96 Å². The average molecular weight is 420 g/mol. The summed E-state index contributed by atoms with van der Waals surface area (Å²) in [5, 5.41) is 6.91. The van der Waals surface area contributed by atoms with E-state index in [1.807, 2.05) is 13.0 Å². The summed E-state index contributed by atoms with van der Waals surface area (Å²) in [5.74, 6) is 0.890. The Kier molecular flexibility index (Phi) is 7.90. The van der Waals surface area contributed by atoms with E-state index in [1.165, 1.54) is 6.07 Å². The zero-order chi connectivity index (χ0) is 21.5. The first-order valence-corrected chi connectivity index (χ1v) is 10.8. The number of likely N-dealkylation sites (N-methyl/N-ethyl adjacent to an activating group) is 1. The van der Waals surface area contributed by atoms with Crippen LogP contribution in [0.2, 0.25) is 0 Å². The Morgan fingerprint density at radius 3 is 2.90 bits per heavy atom. The second-order valence-electron chi connectivity index (χ2n) is 8.42. The molecule has 166 valence electrons. The maximum Gasteiger partial charge on any atom is 0.243 e. The molecule has 2 N–H and O–H groups in total. The molecule has 1 aromatic carbocycles. The van der Waals surface area contributed by atoms with Crippen molar-refractivity contribution in [2.45, 2.75) is 32.2 Å². The minimum atomic E-state index is -0.206. The summed E-state index contributed by atoms with van der Waals surface area (Å²) < 4.78 is 18.9. The van der Waals surface area contributed by atoms with E-state index in [4.69, 9.17) is 4.74 Å². The van der Waals surface area contributed by atoms with Gasteiger partial charge in [-0.25, -0.2) is 9.38 Å². The van der Waals surface area contributed by atoms with Crippen LogP contribution in [0, 0.1) is 18.7 Å². The van der Waals surface area contributed by atoms with Gasteiger partial charge in [-0.3, -0.25) is 4.79 Å². The second-order valence-corrected chi connectivity index (χ2v) is 8.42. The summed E-state index contributed by atoms with van der Waals surface area (Å²) in [6, 6.07) is 5.15. The lowest BCUT2D eigenvalue weighted by atomic mass is 10.0. The number of anilines is 1. The van der Waals surface area contributed by atoms with E-state index in [-0.39, 0.29) is 24.3 Å². The number of aliphatic imine (C=N–C) groups is 1. The number of aryl methyl sites for hydroxylation is 1. The van der Waals surface area contributed by atoms with Crippen LogP contribution in [0.1, 0.15) is 24.8 Å². The molecular weight excluding hydrogens is 385 g/mol. The standard InChI is InChI=1S/C22H34FN5O2/c1-16-11-18(23)6-7-20(16)28-9-4-5-19(14-28)26-22(25-13-21(29)27(2)3)24-12-17-8-10-30-15-17/h6-7,11,17,19H,4-5,8-10,12-15H2,1-3H3,(H2,24,25,26). The van der Waals surface area contributed by atoms with E-state index in [9.17, 15) is 9.18 Å². The van der Waals surface area contributed by atoms with Crippen molar-refractivity contribution in [2.24, 2.45) is 10.9 Å². The van der Waals surface area contributed by atoms with E-state index >= 15 is 0 Å². The van der Waals surface area contributed by atoms with Gasteiger partial charge in [0, 0.05) is 58.0 Å². The molecule has 3 rings (SSSR count). The third-order valence-electron chi connectivity index (χ3n) is 5.72. The largest absolute Gasteiger partial charge is 0.381 e. The summed E-state index contributed by atoms with van der Waals surface area (Å²) in [4.78, 5) is 20.4. The van der Waals surface area contributed by atoms with E-state index in [0.29, 0.717) is 11.9 Å². The Labute approximate surface area is 178 Å². The number of guanidine groups is 1. The van der Waals surface area contributed by atoms with Gasteiger partial charge in [-0.05, 0) is 49.9 Å². The zero-order valence-corrected chi connectivity index (χ0v) is 18.3. The molecule has 2 aliphatic heterocycles. The van der Waals surface area contributed by atoms with Crippen LogP contribution in [0.5, 0.6) is 0 Å². The minimum Gasteiger partial charge on any atom is -0.381 e. The first-order chi connectivity index (χ1) is 14.4. The summed E-state index contributed by atoms with van der Waals surface area (Å²) in [6.45, 7) is 6.15. The van der Waals surface area contributed by atoms with Crippen molar-refractivity contribution < 1.29 is 13.9 Å².